The fourth-order valence-corrected chi connectivity index (χ4v) is 9.34. The number of nitrogens with two attached hydrogens (primary N) is 2. The molecule has 0 aromatic carbocycles. The molecule has 0 saturated carbocycles. The molecule has 8 heteroatoms. The molecule has 0 rings (SSSR count). The Kier molecular flexibility index (Phi) is 5.40. The summed E-state index contributed by atoms with van der Waals surface area (Å²) in [6, 6.07) is 0. The van der Waals surface area contributed by atoms with Crippen molar-refractivity contribution in [2.75, 3.05) is 35.2 Å². The molecule has 0 bridgehead atoms. The second-order valence-electron chi connectivity index (χ2n) is 3.72. The quantitative estimate of drug-likeness (QED) is 0.329. The molecule has 0 aliphatic heterocycles. The van der Waals surface area contributed by atoms with Gasteiger partial charge in [-0.1, -0.05) is 0 Å². The molecule has 7 N–H and O–H groups in total. The maximum absolute atomic E-state index is 6.02. The van der Waals surface area contributed by atoms with E-state index in [9.17, 15) is 0 Å². The van der Waals surface area contributed by atoms with Gasteiger partial charge in [-0.25, -0.2) is 0 Å². The van der Waals surface area contributed by atoms with Crippen molar-refractivity contribution in [1.29, 1.82) is 0 Å². The van der Waals surface area contributed by atoms with Gasteiger partial charge in [0, 0.05) is 5.67 Å². The van der Waals surface area contributed by atoms with Crippen LogP contribution < -0.4 is 25.7 Å². The predicted molar refractivity (Wildman–Crippen MR) is 65.6 cm³/mol. The van der Waals surface area contributed by atoms with E-state index in [0.717, 1.165) is 5.67 Å². The van der Waals surface area contributed by atoms with E-state index in [4.69, 9.17) is 10.8 Å². The average Bonchev–Trinajstić information content (AvgIpc) is 2.14. The molecule has 0 aromatic heterocycles. The van der Waals surface area contributed by atoms with Gasteiger partial charge in [0.25, 0.3) is 17.1 Å². The number of rotatable bonds is 6. The van der Waals surface area contributed by atoms with Crippen molar-refractivity contribution in [2.45, 2.75) is 5.67 Å². The van der Waals surface area contributed by atoms with Gasteiger partial charge in [0.1, 0.15) is 0 Å². The van der Waals surface area contributed by atoms with Crippen molar-refractivity contribution < 1.29 is 0 Å². The highest BCUT2D eigenvalue weighted by Gasteiger charge is 2.42. The Bertz CT molecular complexity index is 170. The van der Waals surface area contributed by atoms with Crippen LogP contribution in [0.2, 0.25) is 5.67 Å². The van der Waals surface area contributed by atoms with E-state index in [0.29, 0.717) is 0 Å². The first-order valence-corrected chi connectivity index (χ1v) is 9.17. The number of hydrogen-bond donors (Lipinski definition) is 5. The van der Waals surface area contributed by atoms with Crippen molar-refractivity contribution in [3.8, 4) is 0 Å². The molecule has 6 nitrogen and oxygen atoms in total. The lowest BCUT2D eigenvalue weighted by Gasteiger charge is -2.39. The molecule has 0 aliphatic rings. The highest BCUT2D eigenvalue weighted by atomic mass is 28.4. The zero-order chi connectivity index (χ0) is 11.4. The smallest absolute Gasteiger partial charge is 0.284 e. The second kappa shape index (κ2) is 5.33. The van der Waals surface area contributed by atoms with Gasteiger partial charge in [-0.05, 0) is 35.2 Å². The molecule has 0 radical (unpaired) electrons. The van der Waals surface area contributed by atoms with Crippen LogP contribution in [-0.4, -0.2) is 56.9 Å². The minimum absolute atomic E-state index is 0.802. The molecule has 0 saturated heterocycles. The van der Waals surface area contributed by atoms with Crippen LogP contribution in [0.25, 0.3) is 0 Å². The SMILES string of the molecule is CN[Si](N)(N)C[Si](NC)(NC)N(C)C. The molecule has 86 valence electrons. The Labute approximate surface area is 88.9 Å². The first-order chi connectivity index (χ1) is 6.33. The molecule has 0 aliphatic carbocycles. The van der Waals surface area contributed by atoms with E-state index < -0.39 is 17.1 Å². The number of hydrogen-bond acceptors (Lipinski definition) is 6. The molecule has 0 atom stereocenters. The number of nitrogens with zero attached hydrogens (tertiary/aromatic N) is 1. The maximum Gasteiger partial charge on any atom is 0.284 e. The van der Waals surface area contributed by atoms with Crippen molar-refractivity contribution in [3.05, 3.63) is 0 Å². The molecular weight excluding hydrogens is 212 g/mol. The van der Waals surface area contributed by atoms with Gasteiger partial charge in [-0.2, -0.15) is 0 Å². The normalized spacial score (nSPS) is 13.7. The van der Waals surface area contributed by atoms with Gasteiger partial charge in [-0.15, -0.1) is 0 Å². The van der Waals surface area contributed by atoms with Gasteiger partial charge < -0.3 is 30.3 Å². The van der Waals surface area contributed by atoms with Gasteiger partial charge in [0.05, 0.1) is 0 Å². The molecule has 0 fully saturated rings. The predicted octanol–water partition coefficient (Wildman–Crippen LogP) is -2.46. The monoisotopic (exact) mass is 236 g/mol. The molecule has 0 unspecified atom stereocenters. The molecule has 14 heavy (non-hydrogen) atoms. The first kappa shape index (κ1) is 14.2. The van der Waals surface area contributed by atoms with E-state index >= 15 is 0 Å². The summed E-state index contributed by atoms with van der Waals surface area (Å²) < 4.78 is 2.17. The average molecular weight is 236 g/mol. The summed E-state index contributed by atoms with van der Waals surface area (Å²) >= 11 is 0. The van der Waals surface area contributed by atoms with Crippen LogP contribution in [0.15, 0.2) is 0 Å². The van der Waals surface area contributed by atoms with Crippen molar-refractivity contribution in [2.24, 2.45) is 10.8 Å². The minimum atomic E-state index is -2.27. The van der Waals surface area contributed by atoms with Crippen LogP contribution in [0.3, 0.4) is 0 Å². The topological polar surface area (TPSA) is 91.4 Å². The van der Waals surface area contributed by atoms with Crippen LogP contribution in [0.5, 0.6) is 0 Å². The summed E-state index contributed by atoms with van der Waals surface area (Å²) in [6.45, 7) is 0. The van der Waals surface area contributed by atoms with Gasteiger partial charge >= 0.3 is 0 Å². The Balaban J connectivity index is 4.67. The van der Waals surface area contributed by atoms with Crippen molar-refractivity contribution >= 4 is 17.1 Å². The van der Waals surface area contributed by atoms with E-state index in [1.807, 2.05) is 35.2 Å². The lowest BCUT2D eigenvalue weighted by atomic mass is 11.3. The lowest BCUT2D eigenvalue weighted by molar-refractivity contribution is 0.574. The van der Waals surface area contributed by atoms with E-state index in [1.54, 1.807) is 0 Å². The Hall–Kier alpha value is 0.194. The van der Waals surface area contributed by atoms with Crippen molar-refractivity contribution in [3.63, 3.8) is 0 Å². The van der Waals surface area contributed by atoms with Crippen LogP contribution >= 0.6 is 0 Å². The lowest BCUT2D eigenvalue weighted by Crippen LogP contribution is -2.79. The Morgan fingerprint density at radius 2 is 1.43 bits per heavy atom. The van der Waals surface area contributed by atoms with Gasteiger partial charge in [0.2, 0.25) is 0 Å². The van der Waals surface area contributed by atoms with E-state index in [1.165, 1.54) is 0 Å². The maximum atomic E-state index is 6.02. The fourth-order valence-electron chi connectivity index (χ4n) is 1.42. The Morgan fingerprint density at radius 1 is 1.00 bits per heavy atom. The van der Waals surface area contributed by atoms with Crippen LogP contribution in [0, 0.1) is 0 Å². The summed E-state index contributed by atoms with van der Waals surface area (Å²) in [4.78, 5) is 9.73. The zero-order valence-electron chi connectivity index (χ0n) is 9.81. The fraction of sp³-hybridized carbons (Fsp3) is 1.00. The van der Waals surface area contributed by atoms with Crippen LogP contribution in [0.1, 0.15) is 0 Å². The first-order valence-electron chi connectivity index (χ1n) is 4.65. The van der Waals surface area contributed by atoms with E-state index in [2.05, 4.69) is 19.5 Å². The summed E-state index contributed by atoms with van der Waals surface area (Å²) in [5, 5.41) is 12.0. The highest BCUT2D eigenvalue weighted by Crippen LogP contribution is 2.06. The number of nitrogens with one attached hydrogen (secondary N) is 3. The van der Waals surface area contributed by atoms with Crippen LogP contribution in [0.4, 0.5) is 0 Å². The summed E-state index contributed by atoms with van der Waals surface area (Å²) in [5.41, 5.74) is 0.802. The molecule has 0 heterocycles. The molecule has 0 spiro atoms. The van der Waals surface area contributed by atoms with Crippen LogP contribution in [-0.2, 0) is 0 Å². The van der Waals surface area contributed by atoms with Gasteiger partial charge in [0.15, 0.2) is 0 Å². The van der Waals surface area contributed by atoms with Crippen molar-refractivity contribution in [1.82, 2.24) is 19.5 Å². The zero-order valence-corrected chi connectivity index (χ0v) is 11.8. The summed E-state index contributed by atoms with van der Waals surface area (Å²) in [6.07, 6.45) is 0. The second-order valence-corrected chi connectivity index (χ2v) is 11.3. The molecule has 0 amide bonds. The largest absolute Gasteiger partial charge is 0.327 e. The van der Waals surface area contributed by atoms with Gasteiger partial charge in [-0.3, -0.25) is 0 Å². The highest BCUT2D eigenvalue weighted by molar-refractivity contribution is 6.89. The standard InChI is InChI=1S/C6H24N6Si2/c1-9-13(7,8)6-14(10-2,11-3)12(4)5/h9-11H,6-8H2,1-5H3. The van der Waals surface area contributed by atoms with E-state index in [-0.39, 0.29) is 0 Å². The minimum Gasteiger partial charge on any atom is -0.327 e. The third kappa shape index (κ3) is 3.40. The summed E-state index contributed by atoms with van der Waals surface area (Å²) in [5.74, 6) is 0. The molecular formula is C6H24N6Si2. The third-order valence-electron chi connectivity index (χ3n) is 2.60. The third-order valence-corrected chi connectivity index (χ3v) is 11.1. The Morgan fingerprint density at radius 3 is 1.64 bits per heavy atom. The summed E-state index contributed by atoms with van der Waals surface area (Å²) in [7, 11) is 5.64. The molecule has 0 aromatic rings.